The summed E-state index contributed by atoms with van der Waals surface area (Å²) in [6.07, 6.45) is 3.39. The highest BCUT2D eigenvalue weighted by molar-refractivity contribution is 5.78. The number of hydrogen-bond acceptors (Lipinski definition) is 2. The second-order valence-corrected chi connectivity index (χ2v) is 6.14. The molecular formula is C17H24NO2+. The van der Waals surface area contributed by atoms with Crippen LogP contribution in [-0.2, 0) is 9.53 Å². The van der Waals surface area contributed by atoms with Gasteiger partial charge in [-0.25, -0.2) is 0 Å². The molecule has 0 aromatic heterocycles. The molecule has 1 N–H and O–H groups in total. The third-order valence-corrected chi connectivity index (χ3v) is 4.92. The molecule has 4 rings (SSSR count). The Morgan fingerprint density at radius 3 is 2.55 bits per heavy atom. The molecule has 2 bridgehead atoms. The lowest BCUT2D eigenvalue weighted by atomic mass is 9.85. The molecule has 0 aliphatic carbocycles. The van der Waals surface area contributed by atoms with Crippen molar-refractivity contribution >= 4 is 5.97 Å². The van der Waals surface area contributed by atoms with Crippen LogP contribution in [-0.4, -0.2) is 31.7 Å². The van der Waals surface area contributed by atoms with E-state index >= 15 is 0 Å². The fourth-order valence-electron chi connectivity index (χ4n) is 3.67. The minimum atomic E-state index is -0.110. The highest BCUT2D eigenvalue weighted by Crippen LogP contribution is 2.26. The molecule has 3 nitrogen and oxygen atoms in total. The van der Waals surface area contributed by atoms with Crippen LogP contribution < -0.4 is 4.90 Å². The Morgan fingerprint density at radius 1 is 1.30 bits per heavy atom. The van der Waals surface area contributed by atoms with Crippen molar-refractivity contribution in [3.05, 3.63) is 35.9 Å². The molecule has 3 saturated heterocycles. The van der Waals surface area contributed by atoms with Crippen LogP contribution in [0.5, 0.6) is 0 Å². The number of ether oxygens (including phenoxy) is 1. The first-order chi connectivity index (χ1) is 9.78. The van der Waals surface area contributed by atoms with Gasteiger partial charge in [0.05, 0.1) is 19.0 Å². The van der Waals surface area contributed by atoms with E-state index < -0.39 is 0 Å². The maximum absolute atomic E-state index is 12.5. The normalized spacial score (nSPS) is 29.9. The standard InChI is InChI=1S/C17H23NO2/c1-2-15(13-6-4-3-5-7-13)17(19)20-16-12-18-10-8-14(16)9-11-18/h3-7,14-16H,2,8-12H2,1H3/p+1. The Hall–Kier alpha value is -1.35. The lowest BCUT2D eigenvalue weighted by molar-refractivity contribution is -0.920. The summed E-state index contributed by atoms with van der Waals surface area (Å²) in [5.41, 5.74) is 1.08. The summed E-state index contributed by atoms with van der Waals surface area (Å²) in [5.74, 6) is 0.461. The number of quaternary nitrogens is 1. The number of benzene rings is 1. The van der Waals surface area contributed by atoms with Gasteiger partial charge in [0.25, 0.3) is 0 Å². The number of esters is 1. The Balaban J connectivity index is 1.66. The lowest BCUT2D eigenvalue weighted by Crippen LogP contribution is -3.16. The highest BCUT2D eigenvalue weighted by Gasteiger charge is 2.40. The molecule has 20 heavy (non-hydrogen) atoms. The molecule has 3 aliphatic heterocycles. The lowest BCUT2D eigenvalue weighted by Gasteiger charge is -2.41. The van der Waals surface area contributed by atoms with Crippen LogP contribution in [0.2, 0.25) is 0 Å². The Labute approximate surface area is 120 Å². The summed E-state index contributed by atoms with van der Waals surface area (Å²) in [5, 5.41) is 0. The molecule has 0 spiro atoms. The van der Waals surface area contributed by atoms with Gasteiger partial charge in [0.2, 0.25) is 0 Å². The predicted molar refractivity (Wildman–Crippen MR) is 77.6 cm³/mol. The fraction of sp³-hybridized carbons (Fsp3) is 0.588. The predicted octanol–water partition coefficient (Wildman–Crippen LogP) is 1.40. The molecule has 1 aromatic rings. The number of piperidine rings is 3. The Bertz CT molecular complexity index is 451. The van der Waals surface area contributed by atoms with Crippen LogP contribution in [0, 0.1) is 5.92 Å². The largest absolute Gasteiger partial charge is 0.456 e. The fourth-order valence-corrected chi connectivity index (χ4v) is 3.67. The van der Waals surface area contributed by atoms with E-state index in [9.17, 15) is 4.79 Å². The second-order valence-electron chi connectivity index (χ2n) is 6.14. The summed E-state index contributed by atoms with van der Waals surface area (Å²) in [4.78, 5) is 14.1. The Kier molecular flexibility index (Phi) is 4.06. The maximum atomic E-state index is 12.5. The van der Waals surface area contributed by atoms with Crippen LogP contribution in [0.4, 0.5) is 0 Å². The first kappa shape index (κ1) is 13.6. The topological polar surface area (TPSA) is 30.7 Å². The molecule has 3 heterocycles. The van der Waals surface area contributed by atoms with Crippen LogP contribution >= 0.6 is 0 Å². The van der Waals surface area contributed by atoms with Gasteiger partial charge in [0.15, 0.2) is 6.10 Å². The van der Waals surface area contributed by atoms with E-state index in [2.05, 4.69) is 6.92 Å². The molecular weight excluding hydrogens is 250 g/mol. The van der Waals surface area contributed by atoms with Gasteiger partial charge in [0, 0.05) is 18.8 Å². The van der Waals surface area contributed by atoms with E-state index in [1.165, 1.54) is 25.9 Å². The van der Waals surface area contributed by atoms with Crippen LogP contribution in [0.15, 0.2) is 30.3 Å². The van der Waals surface area contributed by atoms with Gasteiger partial charge < -0.3 is 9.64 Å². The average molecular weight is 274 g/mol. The van der Waals surface area contributed by atoms with Crippen molar-refractivity contribution in [2.24, 2.45) is 5.92 Å². The molecule has 1 aromatic carbocycles. The van der Waals surface area contributed by atoms with Crippen molar-refractivity contribution in [3.63, 3.8) is 0 Å². The van der Waals surface area contributed by atoms with Crippen LogP contribution in [0.1, 0.15) is 37.7 Å². The number of hydrogen-bond donors (Lipinski definition) is 1. The van der Waals surface area contributed by atoms with Gasteiger partial charge >= 0.3 is 5.97 Å². The van der Waals surface area contributed by atoms with Gasteiger partial charge in [-0.1, -0.05) is 37.3 Å². The van der Waals surface area contributed by atoms with Crippen molar-refractivity contribution in [2.45, 2.75) is 38.2 Å². The average Bonchev–Trinajstić information content (AvgIpc) is 2.50. The molecule has 0 radical (unpaired) electrons. The van der Waals surface area contributed by atoms with Gasteiger partial charge in [-0.3, -0.25) is 4.79 Å². The first-order valence-electron chi connectivity index (χ1n) is 7.87. The third kappa shape index (κ3) is 2.73. The minimum Gasteiger partial charge on any atom is -0.456 e. The Morgan fingerprint density at radius 2 is 2.00 bits per heavy atom. The molecule has 0 amide bonds. The van der Waals surface area contributed by atoms with Gasteiger partial charge in [-0.05, 0) is 12.0 Å². The zero-order chi connectivity index (χ0) is 13.9. The number of carbonyl (C=O) groups is 1. The number of fused-ring (bicyclic) bond motifs is 3. The zero-order valence-corrected chi connectivity index (χ0v) is 12.2. The number of rotatable bonds is 4. The first-order valence-corrected chi connectivity index (χ1v) is 7.87. The molecule has 2 atom stereocenters. The second kappa shape index (κ2) is 5.96. The smallest absolute Gasteiger partial charge is 0.313 e. The van der Waals surface area contributed by atoms with E-state index in [1.807, 2.05) is 30.3 Å². The van der Waals surface area contributed by atoms with Gasteiger partial charge in [-0.2, -0.15) is 0 Å². The van der Waals surface area contributed by atoms with E-state index in [0.717, 1.165) is 18.5 Å². The molecule has 2 unspecified atom stereocenters. The SMILES string of the molecule is CCC(C(=O)OC1C[NH+]2CCC1CC2)c1ccccc1. The van der Waals surface area contributed by atoms with E-state index in [0.29, 0.717) is 5.92 Å². The highest BCUT2D eigenvalue weighted by atomic mass is 16.5. The monoisotopic (exact) mass is 274 g/mol. The van der Waals surface area contributed by atoms with Crippen molar-refractivity contribution in [1.29, 1.82) is 0 Å². The maximum Gasteiger partial charge on any atom is 0.313 e. The quantitative estimate of drug-likeness (QED) is 0.841. The molecule has 108 valence electrons. The molecule has 3 fully saturated rings. The summed E-state index contributed by atoms with van der Waals surface area (Å²) < 4.78 is 5.87. The zero-order valence-electron chi connectivity index (χ0n) is 12.2. The summed E-state index contributed by atoms with van der Waals surface area (Å²) in [6, 6.07) is 10.0. The number of carbonyl (C=O) groups excluding carboxylic acids is 1. The van der Waals surface area contributed by atoms with Crippen LogP contribution in [0.25, 0.3) is 0 Å². The van der Waals surface area contributed by atoms with Gasteiger partial charge in [0.1, 0.15) is 6.54 Å². The van der Waals surface area contributed by atoms with Crippen molar-refractivity contribution in [3.8, 4) is 0 Å². The summed E-state index contributed by atoms with van der Waals surface area (Å²) >= 11 is 0. The summed E-state index contributed by atoms with van der Waals surface area (Å²) in [7, 11) is 0. The van der Waals surface area contributed by atoms with E-state index in [1.54, 1.807) is 4.90 Å². The van der Waals surface area contributed by atoms with Crippen molar-refractivity contribution in [1.82, 2.24) is 0 Å². The van der Waals surface area contributed by atoms with E-state index in [4.69, 9.17) is 4.74 Å². The minimum absolute atomic E-state index is 0.0307. The van der Waals surface area contributed by atoms with Crippen molar-refractivity contribution in [2.75, 3.05) is 19.6 Å². The van der Waals surface area contributed by atoms with Gasteiger partial charge in [-0.15, -0.1) is 0 Å². The molecule has 0 saturated carbocycles. The number of nitrogens with one attached hydrogen (secondary N) is 1. The van der Waals surface area contributed by atoms with Crippen molar-refractivity contribution < 1.29 is 14.4 Å². The molecule has 3 aliphatic rings. The summed E-state index contributed by atoms with van der Waals surface area (Å²) in [6.45, 7) is 5.59. The third-order valence-electron chi connectivity index (χ3n) is 4.92. The van der Waals surface area contributed by atoms with Crippen LogP contribution in [0.3, 0.4) is 0 Å². The van der Waals surface area contributed by atoms with E-state index in [-0.39, 0.29) is 18.0 Å². The molecule has 3 heteroatoms.